The highest BCUT2D eigenvalue weighted by Crippen LogP contribution is 2.15. The molecule has 1 heterocycles. The van der Waals surface area contributed by atoms with E-state index in [9.17, 15) is 13.2 Å². The number of halogens is 1. The van der Waals surface area contributed by atoms with Crippen LogP contribution in [-0.4, -0.2) is 19.7 Å². The van der Waals surface area contributed by atoms with Gasteiger partial charge in [0, 0.05) is 16.4 Å². The summed E-state index contributed by atoms with van der Waals surface area (Å²) in [5.41, 5.74) is 0.489. The highest BCUT2D eigenvalue weighted by molar-refractivity contribution is 8.13. The third kappa shape index (κ3) is 2.50. The largest absolute Gasteiger partial charge is 0.296 e. The molecule has 0 N–H and O–H groups in total. The van der Waals surface area contributed by atoms with Crippen LogP contribution in [0, 0.1) is 6.92 Å². The van der Waals surface area contributed by atoms with E-state index in [-0.39, 0.29) is 10.6 Å². The quantitative estimate of drug-likeness (QED) is 0.553. The summed E-state index contributed by atoms with van der Waals surface area (Å²) >= 11 is 0. The zero-order chi connectivity index (χ0) is 10.1. The Morgan fingerprint density at radius 3 is 2.54 bits per heavy atom. The second-order valence-electron chi connectivity index (χ2n) is 2.42. The van der Waals surface area contributed by atoms with Crippen LogP contribution in [0.1, 0.15) is 16.2 Å². The van der Waals surface area contributed by atoms with Crippen LogP contribution >= 0.6 is 10.7 Å². The SMILES string of the molecule is Cc1cc(S(=O)(=O)Cl)cc(C=O)n1. The Hall–Kier alpha value is -0.940. The first-order valence-electron chi connectivity index (χ1n) is 3.32. The fourth-order valence-corrected chi connectivity index (χ4v) is 1.70. The Bertz CT molecular complexity index is 441. The van der Waals surface area contributed by atoms with Gasteiger partial charge in [0.25, 0.3) is 9.05 Å². The van der Waals surface area contributed by atoms with E-state index in [0.717, 1.165) is 6.07 Å². The molecule has 70 valence electrons. The van der Waals surface area contributed by atoms with Crippen molar-refractivity contribution in [3.8, 4) is 0 Å². The van der Waals surface area contributed by atoms with E-state index in [4.69, 9.17) is 10.7 Å². The van der Waals surface area contributed by atoms with Crippen LogP contribution in [-0.2, 0) is 9.05 Å². The van der Waals surface area contributed by atoms with Crippen LogP contribution in [0.2, 0.25) is 0 Å². The zero-order valence-electron chi connectivity index (χ0n) is 6.69. The number of rotatable bonds is 2. The van der Waals surface area contributed by atoms with Crippen molar-refractivity contribution < 1.29 is 13.2 Å². The summed E-state index contributed by atoms with van der Waals surface area (Å²) in [6.07, 6.45) is 0.471. The molecule has 0 atom stereocenters. The van der Waals surface area contributed by atoms with Gasteiger partial charge < -0.3 is 0 Å². The Balaban J connectivity index is 3.41. The lowest BCUT2D eigenvalue weighted by Gasteiger charge is -1.98. The molecule has 0 amide bonds. The van der Waals surface area contributed by atoms with E-state index in [2.05, 4.69) is 4.98 Å². The minimum Gasteiger partial charge on any atom is -0.296 e. The number of pyridine rings is 1. The van der Waals surface area contributed by atoms with Gasteiger partial charge >= 0.3 is 0 Å². The monoisotopic (exact) mass is 219 g/mol. The van der Waals surface area contributed by atoms with Gasteiger partial charge in [0.15, 0.2) is 6.29 Å². The average Bonchev–Trinajstić information content (AvgIpc) is 2.01. The summed E-state index contributed by atoms with van der Waals surface area (Å²) in [4.78, 5) is 14.0. The first-order chi connectivity index (χ1) is 5.93. The lowest BCUT2D eigenvalue weighted by atomic mass is 10.3. The predicted octanol–water partition coefficient (Wildman–Crippen LogP) is 1.13. The Labute approximate surface area is 80.0 Å². The Morgan fingerprint density at radius 1 is 1.46 bits per heavy atom. The number of hydrogen-bond donors (Lipinski definition) is 0. The molecular weight excluding hydrogens is 214 g/mol. The Kier molecular flexibility index (Phi) is 2.68. The molecule has 1 aromatic heterocycles. The first-order valence-corrected chi connectivity index (χ1v) is 5.63. The molecule has 4 nitrogen and oxygen atoms in total. The minimum absolute atomic E-state index is 0.0548. The highest BCUT2D eigenvalue weighted by Gasteiger charge is 2.11. The molecule has 0 aromatic carbocycles. The molecular formula is C7H6ClNO3S. The van der Waals surface area contributed by atoms with Crippen LogP contribution in [0.5, 0.6) is 0 Å². The molecule has 0 radical (unpaired) electrons. The van der Waals surface area contributed by atoms with Crippen molar-refractivity contribution >= 4 is 26.0 Å². The van der Waals surface area contributed by atoms with Gasteiger partial charge in [-0.2, -0.15) is 0 Å². The summed E-state index contributed by atoms with van der Waals surface area (Å²) in [5.74, 6) is 0. The van der Waals surface area contributed by atoms with Crippen molar-refractivity contribution in [2.75, 3.05) is 0 Å². The van der Waals surface area contributed by atoms with Gasteiger partial charge in [-0.05, 0) is 19.1 Å². The number of aryl methyl sites for hydroxylation is 1. The van der Waals surface area contributed by atoms with Crippen LogP contribution in [0.3, 0.4) is 0 Å². The van der Waals surface area contributed by atoms with Crippen LogP contribution < -0.4 is 0 Å². The summed E-state index contributed by atoms with van der Waals surface area (Å²) in [5, 5.41) is 0. The predicted molar refractivity (Wildman–Crippen MR) is 47.4 cm³/mol. The fourth-order valence-electron chi connectivity index (χ4n) is 0.863. The summed E-state index contributed by atoms with van der Waals surface area (Å²) in [7, 11) is 1.30. The number of aromatic nitrogens is 1. The normalized spacial score (nSPS) is 11.2. The lowest BCUT2D eigenvalue weighted by molar-refractivity contribution is 0.111. The van der Waals surface area contributed by atoms with Gasteiger partial charge in [0.2, 0.25) is 0 Å². The van der Waals surface area contributed by atoms with Crippen molar-refractivity contribution in [2.45, 2.75) is 11.8 Å². The topological polar surface area (TPSA) is 64.1 Å². The standard InChI is InChI=1S/C7H6ClNO3S/c1-5-2-7(13(8,11)12)3-6(4-10)9-5/h2-4H,1H3. The van der Waals surface area contributed by atoms with E-state index in [0.29, 0.717) is 12.0 Å². The van der Waals surface area contributed by atoms with Crippen molar-refractivity contribution in [1.29, 1.82) is 0 Å². The molecule has 13 heavy (non-hydrogen) atoms. The number of nitrogens with zero attached hydrogens (tertiary/aromatic N) is 1. The van der Waals surface area contributed by atoms with Crippen molar-refractivity contribution in [1.82, 2.24) is 4.98 Å². The van der Waals surface area contributed by atoms with E-state index < -0.39 is 9.05 Å². The van der Waals surface area contributed by atoms with Crippen molar-refractivity contribution in [2.24, 2.45) is 0 Å². The summed E-state index contributed by atoms with van der Waals surface area (Å²) < 4.78 is 21.7. The third-order valence-electron chi connectivity index (χ3n) is 1.35. The van der Waals surface area contributed by atoms with Crippen LogP contribution in [0.25, 0.3) is 0 Å². The second kappa shape index (κ2) is 3.43. The average molecular weight is 220 g/mol. The van der Waals surface area contributed by atoms with E-state index >= 15 is 0 Å². The maximum atomic E-state index is 10.9. The minimum atomic E-state index is -3.78. The molecule has 0 aliphatic rings. The molecule has 0 saturated heterocycles. The number of aldehydes is 1. The highest BCUT2D eigenvalue weighted by atomic mass is 35.7. The van der Waals surface area contributed by atoms with E-state index in [1.165, 1.54) is 6.07 Å². The first kappa shape index (κ1) is 10.1. The zero-order valence-corrected chi connectivity index (χ0v) is 8.26. The smallest absolute Gasteiger partial charge is 0.261 e. The molecule has 0 aliphatic heterocycles. The number of carbonyl (C=O) groups is 1. The molecule has 0 aliphatic carbocycles. The maximum absolute atomic E-state index is 10.9. The van der Waals surface area contributed by atoms with Gasteiger partial charge in [0.1, 0.15) is 5.69 Å². The molecule has 0 saturated carbocycles. The van der Waals surface area contributed by atoms with Crippen molar-refractivity contribution in [3.63, 3.8) is 0 Å². The van der Waals surface area contributed by atoms with Gasteiger partial charge in [-0.25, -0.2) is 8.42 Å². The molecule has 0 fully saturated rings. The second-order valence-corrected chi connectivity index (χ2v) is 4.99. The number of hydrogen-bond acceptors (Lipinski definition) is 4. The Morgan fingerprint density at radius 2 is 2.08 bits per heavy atom. The van der Waals surface area contributed by atoms with Gasteiger partial charge in [-0.1, -0.05) is 0 Å². The molecule has 1 rings (SSSR count). The van der Waals surface area contributed by atoms with Gasteiger partial charge in [-0.15, -0.1) is 0 Å². The molecule has 6 heteroatoms. The lowest BCUT2D eigenvalue weighted by Crippen LogP contribution is -1.97. The fraction of sp³-hybridized carbons (Fsp3) is 0.143. The van der Waals surface area contributed by atoms with Crippen LogP contribution in [0.15, 0.2) is 17.0 Å². The number of carbonyl (C=O) groups excluding carboxylic acids is 1. The van der Waals surface area contributed by atoms with E-state index in [1.54, 1.807) is 6.92 Å². The van der Waals surface area contributed by atoms with Gasteiger partial charge in [-0.3, -0.25) is 9.78 Å². The molecule has 1 aromatic rings. The summed E-state index contributed by atoms with van der Waals surface area (Å²) in [6, 6.07) is 2.43. The molecule has 0 bridgehead atoms. The maximum Gasteiger partial charge on any atom is 0.261 e. The van der Waals surface area contributed by atoms with Gasteiger partial charge in [0.05, 0.1) is 4.90 Å². The summed E-state index contributed by atoms with van der Waals surface area (Å²) in [6.45, 7) is 1.58. The van der Waals surface area contributed by atoms with Crippen LogP contribution in [0.4, 0.5) is 0 Å². The molecule has 0 unspecified atom stereocenters. The molecule has 0 spiro atoms. The van der Waals surface area contributed by atoms with Crippen molar-refractivity contribution in [3.05, 3.63) is 23.5 Å². The van der Waals surface area contributed by atoms with E-state index in [1.807, 2.05) is 0 Å². The third-order valence-corrected chi connectivity index (χ3v) is 2.68.